The monoisotopic (exact) mass is 1680 g/mol. The van der Waals surface area contributed by atoms with Crippen molar-refractivity contribution in [1.29, 1.82) is 0 Å². The molecule has 0 heterocycles. The van der Waals surface area contributed by atoms with E-state index in [0.717, 1.165) is 66.8 Å². The Kier molecular flexibility index (Phi) is 39.8. The Morgan fingerprint density at radius 3 is 0.333 bits per heavy atom. The zero-order valence-corrected chi connectivity index (χ0v) is 75.9. The first-order valence-corrected chi connectivity index (χ1v) is 36.6. The molecule has 6 aromatic rings. The molecule has 6 aromatic carbocycles. The fourth-order valence-electron chi connectivity index (χ4n) is 10.8. The van der Waals surface area contributed by atoms with E-state index in [1.165, 1.54) is 37.3 Å². The molecule has 18 nitrogen and oxygen atoms in total. The van der Waals surface area contributed by atoms with E-state index in [-0.39, 0.29) is 151 Å². The van der Waals surface area contributed by atoms with Gasteiger partial charge in [0.2, 0.25) is 0 Å². The van der Waals surface area contributed by atoms with Gasteiger partial charge in [-0.05, 0) is 165 Å². The molecular weight excluding hydrogens is 1550 g/mol. The van der Waals surface area contributed by atoms with Crippen LogP contribution in [0.3, 0.4) is 0 Å². The molecule has 0 amide bonds. The summed E-state index contributed by atoms with van der Waals surface area (Å²) in [5.41, 5.74) is 11.9. The molecule has 0 spiro atoms. The van der Waals surface area contributed by atoms with E-state index < -0.39 is 0 Å². The molecule has 0 atom stereocenters. The van der Waals surface area contributed by atoms with Crippen molar-refractivity contribution >= 4 is 37.3 Å². The molecule has 0 aliphatic heterocycles. The first-order valence-electron chi connectivity index (χ1n) is 36.6. The van der Waals surface area contributed by atoms with Gasteiger partial charge in [-0.15, -0.1) is 0 Å². The van der Waals surface area contributed by atoms with Gasteiger partial charge in [0.05, 0.1) is 37.3 Å². The van der Waals surface area contributed by atoms with Gasteiger partial charge >= 0.3 is 51.2 Å². The molecule has 0 saturated heterocycles. The fraction of sp³-hybridized carbons (Fsp3) is 0.533. The van der Waals surface area contributed by atoms with Crippen molar-refractivity contribution in [1.82, 2.24) is 0 Å². The van der Waals surface area contributed by atoms with Crippen LogP contribution in [0.1, 0.15) is 349 Å². The average molecular weight is 1680 g/mol. The predicted octanol–water partition coefficient (Wildman–Crippen LogP) is 19.0. The fourth-order valence-corrected chi connectivity index (χ4v) is 10.8. The van der Waals surface area contributed by atoms with Gasteiger partial charge in [-0.2, -0.15) is 0 Å². The number of hydrogen-bond donors (Lipinski definition) is 6. The standard InChI is InChI=1S/6C15H23NO2.3Cu/c6*1-14(2,3)11-7-10(9-16-18)13(17)12(8-11)15(4,5)6;;;/h6*7-9,17-18H,1-6H3;;;/q;;;;;;3*+2/p-6/b6*16-9+;;;. The van der Waals surface area contributed by atoms with Crippen molar-refractivity contribution in [2.75, 3.05) is 0 Å². The molecule has 0 aromatic heterocycles. The molecule has 6 N–H and O–H groups in total. The summed E-state index contributed by atoms with van der Waals surface area (Å²) in [6.07, 6.45) is 7.29. The van der Waals surface area contributed by atoms with Gasteiger partial charge in [0, 0.05) is 0 Å². The minimum absolute atomic E-state index is 0. The summed E-state index contributed by atoms with van der Waals surface area (Å²) in [5.74, 6) is -0.371. The zero-order valence-electron chi connectivity index (χ0n) is 73.1. The second-order valence-corrected chi connectivity index (χ2v) is 40.1. The van der Waals surface area contributed by atoms with Gasteiger partial charge in [0.1, 0.15) is 0 Å². The molecule has 0 bridgehead atoms. The molecule has 0 aliphatic rings. The van der Waals surface area contributed by atoms with Crippen molar-refractivity contribution in [2.45, 2.75) is 314 Å². The first-order chi connectivity index (χ1) is 48.4. The van der Waals surface area contributed by atoms with Crippen LogP contribution >= 0.6 is 0 Å². The van der Waals surface area contributed by atoms with Crippen LogP contribution in [0.15, 0.2) is 104 Å². The molecular formula is C90H132Cu3N6O12. The van der Waals surface area contributed by atoms with Gasteiger partial charge in [0.25, 0.3) is 0 Å². The van der Waals surface area contributed by atoms with Crippen molar-refractivity contribution in [3.05, 3.63) is 173 Å². The number of oxime groups is 6. The van der Waals surface area contributed by atoms with Crippen LogP contribution in [-0.2, 0) is 116 Å². The SMILES string of the molecule is CC(C)(C)c1cc(/C=N/O)c([O-])c(C(C)(C)C)c1.CC(C)(C)c1cc(/C=N/O)c([O-])c(C(C)(C)C)c1.CC(C)(C)c1cc(/C=N/O)c([O-])c(C(C)(C)C)c1.CC(C)(C)c1cc(/C=N/O)c([O-])c(C(C)(C)C)c1.CC(C)(C)c1cc(/C=N/O)c([O-])c(C(C)(C)C)c1.CC(C)(C)c1cc(/C=N/O)c([O-])c(C(C)(C)C)c1.[Cu+2].[Cu+2].[Cu+2]. The van der Waals surface area contributed by atoms with Crippen LogP contribution in [0.25, 0.3) is 0 Å². The molecule has 0 unspecified atom stereocenters. The predicted molar refractivity (Wildman–Crippen MR) is 436 cm³/mol. The van der Waals surface area contributed by atoms with E-state index in [9.17, 15) is 30.6 Å². The van der Waals surface area contributed by atoms with E-state index in [4.69, 9.17) is 31.2 Å². The van der Waals surface area contributed by atoms with Crippen LogP contribution < -0.4 is 30.6 Å². The minimum atomic E-state index is -0.226. The second-order valence-electron chi connectivity index (χ2n) is 40.1. The third-order valence-electron chi connectivity index (χ3n) is 17.9. The van der Waals surface area contributed by atoms with Crippen LogP contribution in [0, 0.1) is 0 Å². The van der Waals surface area contributed by atoms with Crippen molar-refractivity contribution in [3.8, 4) is 34.5 Å². The van der Waals surface area contributed by atoms with E-state index in [1.807, 2.05) is 161 Å². The normalized spacial score (nSPS) is 12.9. The Bertz CT molecular complexity index is 3490. The smallest absolute Gasteiger partial charge is 0.872 e. The van der Waals surface area contributed by atoms with Crippen LogP contribution in [-0.4, -0.2) is 68.5 Å². The summed E-state index contributed by atoms with van der Waals surface area (Å²) >= 11 is 0. The van der Waals surface area contributed by atoms with Crippen LogP contribution in [0.4, 0.5) is 0 Å². The summed E-state index contributed by atoms with van der Waals surface area (Å²) in [4.78, 5) is 0. The number of rotatable bonds is 6. The molecule has 627 valence electrons. The average Bonchev–Trinajstić information content (AvgIpc) is 0.826. The number of benzene rings is 6. The van der Waals surface area contributed by atoms with Crippen molar-refractivity contribution in [3.63, 3.8) is 0 Å². The van der Waals surface area contributed by atoms with Crippen LogP contribution in [0.2, 0.25) is 0 Å². The third kappa shape index (κ3) is 32.5. The maximum atomic E-state index is 12.3. The topological polar surface area (TPSA) is 334 Å². The van der Waals surface area contributed by atoms with Gasteiger partial charge in [-0.25, -0.2) is 0 Å². The maximum absolute atomic E-state index is 12.3. The second kappa shape index (κ2) is 41.0. The third-order valence-corrected chi connectivity index (χ3v) is 17.9. The minimum Gasteiger partial charge on any atom is -0.872 e. The Balaban J connectivity index is -0.00000125. The van der Waals surface area contributed by atoms with E-state index >= 15 is 0 Å². The van der Waals surface area contributed by atoms with E-state index in [2.05, 4.69) is 156 Å². The van der Waals surface area contributed by atoms with Gasteiger partial charge in [-0.3, -0.25) is 0 Å². The first kappa shape index (κ1) is 108. The van der Waals surface area contributed by atoms with Crippen molar-refractivity contribution in [2.24, 2.45) is 30.9 Å². The molecule has 6 rings (SSSR count). The quantitative estimate of drug-likeness (QED) is 0.0392. The summed E-state index contributed by atoms with van der Waals surface area (Å²) < 4.78 is 0. The molecule has 111 heavy (non-hydrogen) atoms. The summed E-state index contributed by atoms with van der Waals surface area (Å²) in [6.45, 7) is 73.9. The van der Waals surface area contributed by atoms with Gasteiger partial charge in [0.15, 0.2) is 0 Å². The van der Waals surface area contributed by atoms with Crippen molar-refractivity contribution < 1.29 is 113 Å². The molecule has 3 radical (unpaired) electrons. The van der Waals surface area contributed by atoms with E-state index in [1.54, 1.807) is 36.4 Å². The number of hydrogen-bond acceptors (Lipinski definition) is 18. The molecule has 0 saturated carbocycles. The summed E-state index contributed by atoms with van der Waals surface area (Å²) in [6, 6.07) is 22.6. The Hall–Kier alpha value is -7.50. The Morgan fingerprint density at radius 1 is 0.180 bits per heavy atom. The zero-order chi connectivity index (χ0) is 84.8. The molecule has 21 heteroatoms. The van der Waals surface area contributed by atoms with Crippen LogP contribution in [0.5, 0.6) is 34.5 Å². The van der Waals surface area contributed by atoms with E-state index in [0.29, 0.717) is 33.4 Å². The van der Waals surface area contributed by atoms with Gasteiger partial charge < -0.3 is 61.9 Å². The maximum Gasteiger partial charge on any atom is 2.00 e. The molecule has 0 aliphatic carbocycles. The molecule has 0 fully saturated rings. The Labute approximate surface area is 698 Å². The summed E-state index contributed by atoms with van der Waals surface area (Å²) in [5, 5.41) is 144. The summed E-state index contributed by atoms with van der Waals surface area (Å²) in [7, 11) is 0. The largest absolute Gasteiger partial charge is 2.00 e. The number of nitrogens with zero attached hydrogens (tertiary/aromatic N) is 6. The van der Waals surface area contributed by atoms with Gasteiger partial charge in [-0.1, -0.05) is 387 Å². The Morgan fingerprint density at radius 2 is 0.270 bits per heavy atom.